The zero-order chi connectivity index (χ0) is 24.1. The lowest BCUT2D eigenvalue weighted by Gasteiger charge is -2.14. The van der Waals surface area contributed by atoms with Gasteiger partial charge < -0.3 is 14.2 Å². The Bertz CT molecular complexity index is 1240. The van der Waals surface area contributed by atoms with E-state index in [2.05, 4.69) is 0 Å². The first-order valence-electron chi connectivity index (χ1n) is 11.0. The molecule has 0 spiro atoms. The predicted octanol–water partition coefficient (Wildman–Crippen LogP) is 5.89. The number of ether oxygens (including phenoxy) is 3. The maximum atomic E-state index is 13.0. The van der Waals surface area contributed by atoms with Crippen LogP contribution in [0.5, 0.6) is 17.2 Å². The van der Waals surface area contributed by atoms with Crippen LogP contribution in [0, 0.1) is 5.82 Å². The highest BCUT2D eigenvalue weighted by molar-refractivity contribution is 8.18. The average molecular weight is 482 g/mol. The van der Waals surface area contributed by atoms with Crippen LogP contribution in [0.4, 0.5) is 9.18 Å². The van der Waals surface area contributed by atoms with Gasteiger partial charge in [0, 0.05) is 5.56 Å². The molecule has 0 radical (unpaired) electrons. The molecule has 0 aliphatic carbocycles. The van der Waals surface area contributed by atoms with Crippen molar-refractivity contribution in [3.63, 3.8) is 0 Å². The molecular weight excluding hydrogens is 457 g/mol. The van der Waals surface area contributed by atoms with Gasteiger partial charge in [-0.15, -0.1) is 0 Å². The lowest BCUT2D eigenvalue weighted by molar-refractivity contribution is -0.123. The van der Waals surface area contributed by atoms with Gasteiger partial charge in [-0.3, -0.25) is 14.5 Å². The zero-order valence-corrected chi connectivity index (χ0v) is 19.7. The maximum Gasteiger partial charge on any atom is 0.293 e. The van der Waals surface area contributed by atoms with E-state index >= 15 is 0 Å². The number of nitrogens with zero attached hydrogens (tertiary/aromatic N) is 1. The van der Waals surface area contributed by atoms with Gasteiger partial charge >= 0.3 is 0 Å². The van der Waals surface area contributed by atoms with Gasteiger partial charge in [-0.05, 0) is 84.9 Å². The third-order valence-corrected chi connectivity index (χ3v) is 6.06. The van der Waals surface area contributed by atoms with Crippen LogP contribution in [-0.2, 0) is 4.79 Å². The Morgan fingerprint density at radius 3 is 2.35 bits per heavy atom. The Morgan fingerprint density at radius 2 is 1.62 bits per heavy atom. The molecule has 0 N–H and O–H groups in total. The van der Waals surface area contributed by atoms with Crippen molar-refractivity contribution in [3.8, 4) is 17.2 Å². The molecule has 0 bridgehead atoms. The Morgan fingerprint density at radius 1 is 0.912 bits per heavy atom. The van der Waals surface area contributed by atoms with Crippen LogP contribution < -0.4 is 14.2 Å². The molecule has 0 atom stereocenters. The second-order valence-corrected chi connectivity index (χ2v) is 8.36. The molecule has 1 saturated heterocycles. The first-order valence-corrected chi connectivity index (χ1v) is 11.8. The molecule has 1 heterocycles. The van der Waals surface area contributed by atoms with E-state index in [4.69, 9.17) is 14.2 Å². The van der Waals surface area contributed by atoms with Gasteiger partial charge in [-0.2, -0.15) is 0 Å². The summed E-state index contributed by atoms with van der Waals surface area (Å²) in [4.78, 5) is 27.0. The monoisotopic (exact) mass is 481 g/mol. The van der Waals surface area contributed by atoms with Crippen molar-refractivity contribution >= 4 is 39.8 Å². The summed E-state index contributed by atoms with van der Waals surface area (Å²) in [7, 11) is 0. The minimum Gasteiger partial charge on any atom is -0.494 e. The van der Waals surface area contributed by atoms with E-state index < -0.39 is 5.91 Å². The fourth-order valence-electron chi connectivity index (χ4n) is 3.60. The molecule has 2 amide bonds. The smallest absolute Gasteiger partial charge is 0.293 e. The van der Waals surface area contributed by atoms with E-state index in [9.17, 15) is 14.0 Å². The van der Waals surface area contributed by atoms with Crippen molar-refractivity contribution < 1.29 is 28.2 Å². The highest BCUT2D eigenvalue weighted by Gasteiger charge is 2.35. The van der Waals surface area contributed by atoms with Gasteiger partial charge in [0.2, 0.25) is 0 Å². The van der Waals surface area contributed by atoms with E-state index in [-0.39, 0.29) is 24.2 Å². The molecule has 0 unspecified atom stereocenters. The summed E-state index contributed by atoms with van der Waals surface area (Å²) < 4.78 is 30.0. The Kier molecular flexibility index (Phi) is 7.37. The molecule has 4 rings (SSSR count). The Balaban J connectivity index is 1.59. The van der Waals surface area contributed by atoms with Crippen LogP contribution in [0.1, 0.15) is 19.4 Å². The topological polar surface area (TPSA) is 65.1 Å². The molecule has 8 heteroatoms. The molecule has 0 saturated carbocycles. The summed E-state index contributed by atoms with van der Waals surface area (Å²) in [5.41, 5.74) is 0.717. The average Bonchev–Trinajstić information content (AvgIpc) is 3.09. The van der Waals surface area contributed by atoms with Crippen molar-refractivity contribution in [3.05, 3.63) is 70.9 Å². The quantitative estimate of drug-likeness (QED) is 0.355. The number of fused-ring (bicyclic) bond motifs is 1. The van der Waals surface area contributed by atoms with Crippen molar-refractivity contribution in [1.82, 2.24) is 4.90 Å². The number of thioether (sulfide) groups is 1. The number of imide groups is 1. The van der Waals surface area contributed by atoms with Crippen LogP contribution >= 0.6 is 11.8 Å². The Hall–Kier alpha value is -3.52. The van der Waals surface area contributed by atoms with Crippen molar-refractivity contribution in [2.45, 2.75) is 13.8 Å². The van der Waals surface area contributed by atoms with E-state index in [1.807, 2.05) is 44.2 Å². The number of hydrogen-bond donors (Lipinski definition) is 0. The van der Waals surface area contributed by atoms with Crippen LogP contribution in [0.3, 0.4) is 0 Å². The summed E-state index contributed by atoms with van der Waals surface area (Å²) in [6.45, 7) is 4.98. The Labute approximate surface area is 201 Å². The minimum atomic E-state index is -0.391. The number of carbonyl (C=O) groups excluding carboxylic acids is 2. The number of carbonyl (C=O) groups is 2. The summed E-state index contributed by atoms with van der Waals surface area (Å²) in [5, 5.41) is 1.46. The molecule has 1 aliphatic rings. The van der Waals surface area contributed by atoms with E-state index in [0.717, 1.165) is 27.4 Å². The molecule has 1 aliphatic heterocycles. The first kappa shape index (κ1) is 23.6. The van der Waals surface area contributed by atoms with Crippen LogP contribution in [0.15, 0.2) is 59.5 Å². The molecule has 34 heavy (non-hydrogen) atoms. The van der Waals surface area contributed by atoms with Gasteiger partial charge in [0.25, 0.3) is 11.1 Å². The number of halogens is 1. The highest BCUT2D eigenvalue weighted by Crippen LogP contribution is 2.37. The lowest BCUT2D eigenvalue weighted by atomic mass is 10.0. The van der Waals surface area contributed by atoms with Gasteiger partial charge in [0.05, 0.1) is 24.7 Å². The van der Waals surface area contributed by atoms with E-state index in [1.165, 1.54) is 24.3 Å². The summed E-state index contributed by atoms with van der Waals surface area (Å²) >= 11 is 0.881. The first-order chi connectivity index (χ1) is 16.5. The summed E-state index contributed by atoms with van der Waals surface area (Å²) in [5.74, 6) is 1.04. The van der Waals surface area contributed by atoms with Crippen LogP contribution in [0.2, 0.25) is 0 Å². The standard InChI is InChI=1S/C26H24FNO5S/c1-3-31-20-9-5-17-6-12-23(32-4-2)22(21(17)15-20)16-24-25(29)28(26(30)34-24)13-14-33-19-10-7-18(27)8-11-19/h5-12,15-16H,3-4,13-14H2,1-2H3/b24-16-. The van der Waals surface area contributed by atoms with Crippen LogP contribution in [-0.4, -0.2) is 42.4 Å². The van der Waals surface area contributed by atoms with Gasteiger partial charge in [0.1, 0.15) is 29.7 Å². The third kappa shape index (κ3) is 5.17. The molecular formula is C26H24FNO5S. The van der Waals surface area contributed by atoms with Crippen LogP contribution in [0.25, 0.3) is 16.8 Å². The fraction of sp³-hybridized carbons (Fsp3) is 0.231. The van der Waals surface area contributed by atoms with Gasteiger partial charge in [-0.25, -0.2) is 4.39 Å². The van der Waals surface area contributed by atoms with E-state index in [1.54, 1.807) is 6.08 Å². The molecule has 1 fully saturated rings. The highest BCUT2D eigenvalue weighted by atomic mass is 32.2. The molecule has 0 aromatic heterocycles. The van der Waals surface area contributed by atoms with E-state index in [0.29, 0.717) is 40.9 Å². The predicted molar refractivity (Wildman–Crippen MR) is 131 cm³/mol. The fourth-order valence-corrected chi connectivity index (χ4v) is 4.44. The molecule has 176 valence electrons. The number of amides is 2. The summed E-state index contributed by atoms with van der Waals surface area (Å²) in [6, 6.07) is 15.1. The molecule has 3 aromatic rings. The summed E-state index contributed by atoms with van der Waals surface area (Å²) in [6.07, 6.45) is 1.70. The molecule has 6 nitrogen and oxygen atoms in total. The second-order valence-electron chi connectivity index (χ2n) is 7.36. The van der Waals surface area contributed by atoms with Crippen molar-refractivity contribution in [1.29, 1.82) is 0 Å². The zero-order valence-electron chi connectivity index (χ0n) is 18.9. The number of hydrogen-bond acceptors (Lipinski definition) is 6. The normalized spacial score (nSPS) is 14.8. The minimum absolute atomic E-state index is 0.0850. The van der Waals surface area contributed by atoms with Gasteiger partial charge in [0.15, 0.2) is 0 Å². The molecule has 3 aromatic carbocycles. The number of benzene rings is 3. The van der Waals surface area contributed by atoms with Gasteiger partial charge in [-0.1, -0.05) is 12.1 Å². The third-order valence-electron chi connectivity index (χ3n) is 5.15. The SMILES string of the molecule is CCOc1ccc2ccc(OCC)c(/C=C3\SC(=O)N(CCOc4ccc(F)cc4)C3=O)c2c1. The largest absolute Gasteiger partial charge is 0.494 e. The van der Waals surface area contributed by atoms with Crippen molar-refractivity contribution in [2.75, 3.05) is 26.4 Å². The lowest BCUT2D eigenvalue weighted by Crippen LogP contribution is -2.32. The number of rotatable bonds is 9. The van der Waals surface area contributed by atoms with Crippen molar-refractivity contribution in [2.24, 2.45) is 0 Å². The second kappa shape index (κ2) is 10.6. The maximum absolute atomic E-state index is 13.0.